The summed E-state index contributed by atoms with van der Waals surface area (Å²) >= 11 is 0. The van der Waals surface area contributed by atoms with Crippen LogP contribution in [0.25, 0.3) is 0 Å². The van der Waals surface area contributed by atoms with E-state index in [4.69, 9.17) is 4.74 Å². The zero-order valence-electron chi connectivity index (χ0n) is 11.6. The number of rotatable bonds is 3. The highest BCUT2D eigenvalue weighted by Gasteiger charge is 2.20. The van der Waals surface area contributed by atoms with Gasteiger partial charge in [0, 0.05) is 13.1 Å². The summed E-state index contributed by atoms with van der Waals surface area (Å²) in [5.41, 5.74) is -0.0238. The molecule has 4 nitrogen and oxygen atoms in total. The average molecular weight is 278 g/mol. The number of nitrogens with zero attached hydrogens (tertiary/aromatic N) is 2. The largest absolute Gasteiger partial charge is 0.465 e. The van der Waals surface area contributed by atoms with E-state index in [1.54, 1.807) is 12.1 Å². The molecule has 1 aromatic carbocycles. The lowest BCUT2D eigenvalue weighted by Crippen LogP contribution is -2.31. The predicted octanol–water partition coefficient (Wildman–Crippen LogP) is 2.84. The highest BCUT2D eigenvalue weighted by Crippen LogP contribution is 2.12. The molecular formula is C15H19FN2O2. The maximum Gasteiger partial charge on any atom is 0.295 e. The summed E-state index contributed by atoms with van der Waals surface area (Å²) in [5.74, 6) is -1.15. The van der Waals surface area contributed by atoms with E-state index in [-0.39, 0.29) is 5.56 Å². The molecule has 0 radical (unpaired) electrons. The molecule has 2 rings (SSSR count). The van der Waals surface area contributed by atoms with E-state index in [9.17, 15) is 9.18 Å². The fourth-order valence-electron chi connectivity index (χ4n) is 2.08. The summed E-state index contributed by atoms with van der Waals surface area (Å²) in [6, 6.07) is 6.17. The Bertz CT molecular complexity index is 496. The van der Waals surface area contributed by atoms with Crippen molar-refractivity contribution in [3.63, 3.8) is 0 Å². The number of carbonyl (C=O) groups is 1. The van der Waals surface area contributed by atoms with Gasteiger partial charge >= 0.3 is 0 Å². The number of hydrogen-bond donors (Lipinski definition) is 0. The van der Waals surface area contributed by atoms with E-state index in [2.05, 4.69) is 4.99 Å². The average Bonchev–Trinajstić information content (AvgIpc) is 2.97. The standard InChI is InChI=1S/C15H19FN2O2/c1-2-11-20-15(18-9-5-6-10-18)17-14(19)12-7-3-4-8-13(12)16/h3-4,7-8H,2,5-6,9-11H2,1H3. The second-order valence-corrected chi connectivity index (χ2v) is 4.72. The molecule has 1 aromatic rings. The third kappa shape index (κ3) is 3.56. The van der Waals surface area contributed by atoms with Crippen molar-refractivity contribution in [1.29, 1.82) is 0 Å². The molecule has 0 unspecified atom stereocenters. The van der Waals surface area contributed by atoms with Crippen LogP contribution < -0.4 is 0 Å². The molecule has 0 saturated carbocycles. The topological polar surface area (TPSA) is 41.9 Å². The predicted molar refractivity (Wildman–Crippen MR) is 75.2 cm³/mol. The molecule has 1 fully saturated rings. The molecule has 5 heteroatoms. The van der Waals surface area contributed by atoms with Crippen LogP contribution in [-0.2, 0) is 4.74 Å². The summed E-state index contributed by atoms with van der Waals surface area (Å²) in [5, 5.41) is 0. The number of halogens is 1. The first-order valence-electron chi connectivity index (χ1n) is 6.97. The molecular weight excluding hydrogens is 259 g/mol. The number of benzene rings is 1. The summed E-state index contributed by atoms with van der Waals surface area (Å²) < 4.78 is 19.1. The summed E-state index contributed by atoms with van der Waals surface area (Å²) in [4.78, 5) is 18.0. The van der Waals surface area contributed by atoms with Crippen molar-refractivity contribution in [3.8, 4) is 0 Å². The molecule has 1 aliphatic rings. The Labute approximate surface area is 118 Å². The van der Waals surface area contributed by atoms with Crippen LogP contribution in [0.1, 0.15) is 36.5 Å². The van der Waals surface area contributed by atoms with Crippen LogP contribution in [-0.4, -0.2) is 36.5 Å². The fourth-order valence-corrected chi connectivity index (χ4v) is 2.08. The summed E-state index contributed by atoms with van der Waals surface area (Å²) in [7, 11) is 0. The number of ether oxygens (including phenoxy) is 1. The molecule has 20 heavy (non-hydrogen) atoms. The van der Waals surface area contributed by atoms with E-state index in [1.165, 1.54) is 12.1 Å². The Morgan fingerprint density at radius 1 is 1.35 bits per heavy atom. The first-order chi connectivity index (χ1) is 9.72. The molecule has 1 heterocycles. The molecule has 0 spiro atoms. The SMILES string of the molecule is CCCOC(=NC(=O)c1ccccc1F)N1CCCC1. The third-order valence-electron chi connectivity index (χ3n) is 3.11. The van der Waals surface area contributed by atoms with Gasteiger partial charge in [-0.2, -0.15) is 4.99 Å². The van der Waals surface area contributed by atoms with Crippen molar-refractivity contribution in [2.75, 3.05) is 19.7 Å². The Morgan fingerprint density at radius 3 is 2.70 bits per heavy atom. The minimum atomic E-state index is -0.596. The quantitative estimate of drug-likeness (QED) is 0.630. The maximum absolute atomic E-state index is 13.6. The van der Waals surface area contributed by atoms with Gasteiger partial charge in [-0.3, -0.25) is 4.79 Å². The second kappa shape index (κ2) is 7.03. The number of carbonyl (C=O) groups excluding carboxylic acids is 1. The number of likely N-dealkylation sites (tertiary alicyclic amines) is 1. The molecule has 0 aliphatic carbocycles. The number of amides is 1. The van der Waals surface area contributed by atoms with Gasteiger partial charge in [0.2, 0.25) is 0 Å². The molecule has 1 saturated heterocycles. The molecule has 0 aromatic heterocycles. The van der Waals surface area contributed by atoms with Gasteiger partial charge in [0.25, 0.3) is 11.9 Å². The molecule has 0 bridgehead atoms. The lowest BCUT2D eigenvalue weighted by molar-refractivity contribution is 0.0990. The van der Waals surface area contributed by atoms with E-state index in [0.717, 1.165) is 32.4 Å². The van der Waals surface area contributed by atoms with E-state index in [1.807, 2.05) is 11.8 Å². The Balaban J connectivity index is 2.18. The highest BCUT2D eigenvalue weighted by molar-refractivity contribution is 6.01. The Morgan fingerprint density at radius 2 is 2.05 bits per heavy atom. The van der Waals surface area contributed by atoms with Crippen LogP contribution >= 0.6 is 0 Å². The minimum absolute atomic E-state index is 0.0238. The van der Waals surface area contributed by atoms with Gasteiger partial charge in [0.1, 0.15) is 5.82 Å². The van der Waals surface area contributed by atoms with Gasteiger partial charge < -0.3 is 9.64 Å². The van der Waals surface area contributed by atoms with Crippen molar-refractivity contribution in [3.05, 3.63) is 35.6 Å². The second-order valence-electron chi connectivity index (χ2n) is 4.72. The molecule has 1 aliphatic heterocycles. The van der Waals surface area contributed by atoms with Crippen molar-refractivity contribution in [1.82, 2.24) is 4.90 Å². The van der Waals surface area contributed by atoms with Gasteiger partial charge in [-0.05, 0) is 31.4 Å². The zero-order valence-corrected chi connectivity index (χ0v) is 11.6. The van der Waals surface area contributed by atoms with E-state index in [0.29, 0.717) is 12.6 Å². The highest BCUT2D eigenvalue weighted by atomic mass is 19.1. The zero-order chi connectivity index (χ0) is 14.4. The molecule has 0 N–H and O–H groups in total. The normalized spacial score (nSPS) is 15.5. The number of amidine groups is 1. The van der Waals surface area contributed by atoms with Crippen LogP contribution in [0.15, 0.2) is 29.3 Å². The lowest BCUT2D eigenvalue weighted by Gasteiger charge is -2.19. The summed E-state index contributed by atoms with van der Waals surface area (Å²) in [6.45, 7) is 4.14. The van der Waals surface area contributed by atoms with Crippen LogP contribution in [0.4, 0.5) is 4.39 Å². The number of hydrogen-bond acceptors (Lipinski definition) is 2. The van der Waals surface area contributed by atoms with Gasteiger partial charge in [0.05, 0.1) is 12.2 Å². The van der Waals surface area contributed by atoms with Crippen LogP contribution in [0.2, 0.25) is 0 Å². The van der Waals surface area contributed by atoms with Crippen LogP contribution in [0.3, 0.4) is 0 Å². The van der Waals surface area contributed by atoms with Crippen molar-refractivity contribution in [2.45, 2.75) is 26.2 Å². The van der Waals surface area contributed by atoms with E-state index >= 15 is 0 Å². The maximum atomic E-state index is 13.6. The minimum Gasteiger partial charge on any atom is -0.465 e. The van der Waals surface area contributed by atoms with Crippen LogP contribution in [0.5, 0.6) is 0 Å². The van der Waals surface area contributed by atoms with Crippen LogP contribution in [0, 0.1) is 5.82 Å². The van der Waals surface area contributed by atoms with Gasteiger partial charge in [-0.25, -0.2) is 4.39 Å². The van der Waals surface area contributed by atoms with E-state index < -0.39 is 11.7 Å². The first kappa shape index (κ1) is 14.5. The smallest absolute Gasteiger partial charge is 0.295 e. The molecule has 0 atom stereocenters. The first-order valence-corrected chi connectivity index (χ1v) is 6.97. The molecule has 108 valence electrons. The number of aliphatic imine (C=N–C) groups is 1. The lowest BCUT2D eigenvalue weighted by atomic mass is 10.2. The Kier molecular flexibility index (Phi) is 5.09. The van der Waals surface area contributed by atoms with Gasteiger partial charge in [0.15, 0.2) is 0 Å². The Hall–Kier alpha value is -1.91. The molecule has 1 amide bonds. The fraction of sp³-hybridized carbons (Fsp3) is 0.467. The van der Waals surface area contributed by atoms with Gasteiger partial charge in [-0.15, -0.1) is 0 Å². The third-order valence-corrected chi connectivity index (χ3v) is 3.11. The van der Waals surface area contributed by atoms with Crippen molar-refractivity contribution >= 4 is 11.9 Å². The monoisotopic (exact) mass is 278 g/mol. The summed E-state index contributed by atoms with van der Waals surface area (Å²) in [6.07, 6.45) is 2.95. The van der Waals surface area contributed by atoms with Crippen molar-refractivity contribution < 1.29 is 13.9 Å². The van der Waals surface area contributed by atoms with Crippen molar-refractivity contribution in [2.24, 2.45) is 4.99 Å². The van der Waals surface area contributed by atoms with Gasteiger partial charge in [-0.1, -0.05) is 19.1 Å².